The smallest absolute Gasteiger partial charge is 0.141 e. The van der Waals surface area contributed by atoms with E-state index < -0.39 is 0 Å². The molecule has 0 aliphatic heterocycles. The SMILES string of the molecule is CN(CC1(N(C)C)CCC1)c1ncc(F)cc1CCl. The van der Waals surface area contributed by atoms with E-state index in [2.05, 4.69) is 28.9 Å². The average Bonchev–Trinajstić information content (AvgIpc) is 2.32. The third-order valence-electron chi connectivity index (χ3n) is 4.18. The van der Waals surface area contributed by atoms with Crippen molar-refractivity contribution < 1.29 is 4.39 Å². The van der Waals surface area contributed by atoms with Crippen LogP contribution >= 0.6 is 11.6 Å². The molecule has 0 N–H and O–H groups in total. The van der Waals surface area contributed by atoms with E-state index in [-0.39, 0.29) is 17.2 Å². The van der Waals surface area contributed by atoms with Crippen LogP contribution in [0.3, 0.4) is 0 Å². The van der Waals surface area contributed by atoms with E-state index in [0.717, 1.165) is 17.9 Å². The number of aromatic nitrogens is 1. The molecule has 0 amide bonds. The molecule has 1 aliphatic rings. The lowest BCUT2D eigenvalue weighted by molar-refractivity contribution is 0.0681. The van der Waals surface area contributed by atoms with Crippen LogP contribution in [0.25, 0.3) is 0 Å². The van der Waals surface area contributed by atoms with Gasteiger partial charge in [-0.25, -0.2) is 9.37 Å². The Hall–Kier alpha value is -0.870. The van der Waals surface area contributed by atoms with Gasteiger partial charge in [-0.15, -0.1) is 11.6 Å². The van der Waals surface area contributed by atoms with E-state index in [1.165, 1.54) is 31.5 Å². The summed E-state index contributed by atoms with van der Waals surface area (Å²) in [5, 5.41) is 0. The second kappa shape index (κ2) is 5.63. The molecule has 2 rings (SSSR count). The van der Waals surface area contributed by atoms with Crippen LogP contribution in [0.15, 0.2) is 12.3 Å². The van der Waals surface area contributed by atoms with Crippen molar-refractivity contribution in [3.05, 3.63) is 23.6 Å². The van der Waals surface area contributed by atoms with E-state index in [0.29, 0.717) is 0 Å². The highest BCUT2D eigenvalue weighted by atomic mass is 35.5. The van der Waals surface area contributed by atoms with Crippen LogP contribution in [0, 0.1) is 5.82 Å². The van der Waals surface area contributed by atoms with Crippen LogP contribution in [0.1, 0.15) is 24.8 Å². The molecule has 1 aromatic rings. The van der Waals surface area contributed by atoms with Crippen LogP contribution in [-0.4, -0.2) is 43.1 Å². The summed E-state index contributed by atoms with van der Waals surface area (Å²) < 4.78 is 13.2. The van der Waals surface area contributed by atoms with Crippen molar-refractivity contribution in [1.82, 2.24) is 9.88 Å². The molecule has 0 aromatic carbocycles. The lowest BCUT2D eigenvalue weighted by Crippen LogP contribution is -2.57. The summed E-state index contributed by atoms with van der Waals surface area (Å²) in [6, 6.07) is 1.47. The van der Waals surface area contributed by atoms with Gasteiger partial charge < -0.3 is 9.80 Å². The summed E-state index contributed by atoms with van der Waals surface area (Å²) in [5.74, 6) is 0.725. The highest BCUT2D eigenvalue weighted by molar-refractivity contribution is 6.17. The minimum atomic E-state index is -0.334. The minimum Gasteiger partial charge on any atom is -0.358 e. The van der Waals surface area contributed by atoms with Gasteiger partial charge in [0.15, 0.2) is 0 Å². The molecule has 19 heavy (non-hydrogen) atoms. The normalized spacial score (nSPS) is 17.4. The van der Waals surface area contributed by atoms with Crippen molar-refractivity contribution in [2.75, 3.05) is 32.6 Å². The molecule has 1 aliphatic carbocycles. The fourth-order valence-corrected chi connectivity index (χ4v) is 2.96. The number of rotatable bonds is 5. The number of hydrogen-bond donors (Lipinski definition) is 0. The Bertz CT molecular complexity index is 446. The summed E-state index contributed by atoms with van der Waals surface area (Å²) in [5.41, 5.74) is 0.964. The molecule has 1 fully saturated rings. The fraction of sp³-hybridized carbons (Fsp3) is 0.643. The predicted octanol–water partition coefficient (Wildman–Crippen LogP) is 2.88. The number of pyridine rings is 1. The molecular weight excluding hydrogens is 265 g/mol. The van der Waals surface area contributed by atoms with Gasteiger partial charge in [-0.3, -0.25) is 0 Å². The first-order valence-electron chi connectivity index (χ1n) is 6.57. The van der Waals surface area contributed by atoms with Crippen molar-refractivity contribution >= 4 is 17.4 Å². The molecule has 0 unspecified atom stereocenters. The van der Waals surface area contributed by atoms with Gasteiger partial charge in [-0.2, -0.15) is 0 Å². The number of alkyl halides is 1. The molecule has 0 saturated heterocycles. The minimum absolute atomic E-state index is 0.217. The number of anilines is 1. The zero-order valence-electron chi connectivity index (χ0n) is 11.8. The van der Waals surface area contributed by atoms with Gasteiger partial charge in [0.25, 0.3) is 0 Å². The molecule has 0 spiro atoms. The monoisotopic (exact) mass is 285 g/mol. The van der Waals surface area contributed by atoms with Crippen molar-refractivity contribution in [1.29, 1.82) is 0 Å². The Balaban J connectivity index is 2.18. The molecule has 106 valence electrons. The maximum absolute atomic E-state index is 13.2. The highest BCUT2D eigenvalue weighted by Gasteiger charge is 2.40. The van der Waals surface area contributed by atoms with Gasteiger partial charge in [0.2, 0.25) is 0 Å². The second-order valence-electron chi connectivity index (χ2n) is 5.60. The topological polar surface area (TPSA) is 19.4 Å². The van der Waals surface area contributed by atoms with Gasteiger partial charge in [-0.1, -0.05) is 0 Å². The molecule has 1 heterocycles. The Morgan fingerprint density at radius 2 is 2.05 bits per heavy atom. The molecule has 1 aromatic heterocycles. The lowest BCUT2D eigenvalue weighted by Gasteiger charge is -2.49. The van der Waals surface area contributed by atoms with Gasteiger partial charge in [0, 0.05) is 24.7 Å². The summed E-state index contributed by atoms with van der Waals surface area (Å²) in [7, 11) is 6.24. The lowest BCUT2D eigenvalue weighted by atomic mass is 9.75. The summed E-state index contributed by atoms with van der Waals surface area (Å²) >= 11 is 5.89. The molecule has 0 atom stereocenters. The average molecular weight is 286 g/mol. The van der Waals surface area contributed by atoms with Gasteiger partial charge in [0.05, 0.1) is 12.1 Å². The first-order chi connectivity index (χ1) is 8.98. The zero-order chi connectivity index (χ0) is 14.0. The molecular formula is C14H21ClFN3. The molecule has 0 radical (unpaired) electrons. The third kappa shape index (κ3) is 2.84. The molecule has 3 nitrogen and oxygen atoms in total. The number of halogens is 2. The third-order valence-corrected chi connectivity index (χ3v) is 4.47. The maximum Gasteiger partial charge on any atom is 0.141 e. The Kier molecular flexibility index (Phi) is 4.31. The van der Waals surface area contributed by atoms with E-state index in [9.17, 15) is 4.39 Å². The van der Waals surface area contributed by atoms with Crippen LogP contribution in [0.2, 0.25) is 0 Å². The van der Waals surface area contributed by atoms with Crippen LogP contribution in [-0.2, 0) is 5.88 Å². The summed E-state index contributed by atoms with van der Waals surface area (Å²) in [6.45, 7) is 0.891. The first-order valence-corrected chi connectivity index (χ1v) is 7.11. The Morgan fingerprint density at radius 3 is 2.53 bits per heavy atom. The summed E-state index contributed by atoms with van der Waals surface area (Å²) in [6.07, 6.45) is 4.92. The maximum atomic E-state index is 13.2. The van der Waals surface area contributed by atoms with Crippen LogP contribution < -0.4 is 4.90 Å². The summed E-state index contributed by atoms with van der Waals surface area (Å²) in [4.78, 5) is 8.58. The van der Waals surface area contributed by atoms with Gasteiger partial charge >= 0.3 is 0 Å². The van der Waals surface area contributed by atoms with E-state index in [1.54, 1.807) is 0 Å². The van der Waals surface area contributed by atoms with Crippen LogP contribution in [0.5, 0.6) is 0 Å². The first kappa shape index (κ1) is 14.5. The predicted molar refractivity (Wildman–Crippen MR) is 77.3 cm³/mol. The van der Waals surface area contributed by atoms with E-state index in [4.69, 9.17) is 11.6 Å². The van der Waals surface area contributed by atoms with Crippen molar-refractivity contribution in [2.24, 2.45) is 0 Å². The van der Waals surface area contributed by atoms with Crippen molar-refractivity contribution in [3.8, 4) is 0 Å². The number of likely N-dealkylation sites (N-methyl/N-ethyl adjacent to an activating group) is 2. The zero-order valence-corrected chi connectivity index (χ0v) is 12.5. The highest BCUT2D eigenvalue weighted by Crippen LogP contribution is 2.37. The number of nitrogens with zero attached hydrogens (tertiary/aromatic N) is 3. The van der Waals surface area contributed by atoms with E-state index >= 15 is 0 Å². The Morgan fingerprint density at radius 1 is 1.37 bits per heavy atom. The van der Waals surface area contributed by atoms with Crippen LogP contribution in [0.4, 0.5) is 10.2 Å². The number of hydrogen-bond acceptors (Lipinski definition) is 3. The van der Waals surface area contributed by atoms with Gasteiger partial charge in [-0.05, 0) is 39.4 Å². The van der Waals surface area contributed by atoms with Crippen molar-refractivity contribution in [3.63, 3.8) is 0 Å². The largest absolute Gasteiger partial charge is 0.358 e. The Labute approximate surface area is 119 Å². The molecule has 1 saturated carbocycles. The second-order valence-corrected chi connectivity index (χ2v) is 5.87. The van der Waals surface area contributed by atoms with E-state index in [1.807, 2.05) is 7.05 Å². The standard InChI is InChI=1S/C14H21ClFN3/c1-18(2)14(5-4-6-14)10-19(3)13-11(8-15)7-12(16)9-17-13/h7,9H,4-6,8,10H2,1-3H3. The van der Waals surface area contributed by atoms with Gasteiger partial charge in [0.1, 0.15) is 11.6 Å². The quantitative estimate of drug-likeness (QED) is 0.776. The molecule has 0 bridgehead atoms. The van der Waals surface area contributed by atoms with Crippen molar-refractivity contribution in [2.45, 2.75) is 30.7 Å². The molecule has 5 heteroatoms. The fourth-order valence-electron chi connectivity index (χ4n) is 2.76.